The molecule has 0 aliphatic rings. The standard InChI is InChI=1S/C15H20O/c1-6-8-13(7-2)15-11(3)9-14(16-5)10-12(15)4/h1,9-10,13H,7-8H2,2-5H3. The first-order valence-electron chi connectivity index (χ1n) is 5.72. The lowest BCUT2D eigenvalue weighted by molar-refractivity contribution is 0.413. The van der Waals surface area contributed by atoms with Gasteiger partial charge in [-0.2, -0.15) is 0 Å². The minimum Gasteiger partial charge on any atom is -0.497 e. The van der Waals surface area contributed by atoms with Crippen LogP contribution in [0.4, 0.5) is 0 Å². The minimum absolute atomic E-state index is 0.468. The number of hydrogen-bond acceptors (Lipinski definition) is 1. The Morgan fingerprint density at radius 2 is 1.88 bits per heavy atom. The van der Waals surface area contributed by atoms with E-state index < -0.39 is 0 Å². The van der Waals surface area contributed by atoms with Crippen molar-refractivity contribution < 1.29 is 4.74 Å². The van der Waals surface area contributed by atoms with Gasteiger partial charge < -0.3 is 4.74 Å². The van der Waals surface area contributed by atoms with Crippen LogP contribution >= 0.6 is 0 Å². The Morgan fingerprint density at radius 3 is 2.25 bits per heavy atom. The smallest absolute Gasteiger partial charge is 0.119 e. The van der Waals surface area contributed by atoms with Gasteiger partial charge in [0.15, 0.2) is 0 Å². The second kappa shape index (κ2) is 5.61. The fraction of sp³-hybridized carbons (Fsp3) is 0.467. The van der Waals surface area contributed by atoms with E-state index in [0.717, 1.165) is 18.6 Å². The SMILES string of the molecule is C#CCC(CC)c1c(C)cc(OC)cc1C. The third-order valence-corrected chi connectivity index (χ3v) is 3.07. The van der Waals surface area contributed by atoms with Gasteiger partial charge in [0, 0.05) is 6.42 Å². The number of aryl methyl sites for hydroxylation is 2. The van der Waals surface area contributed by atoms with Crippen molar-refractivity contribution in [2.75, 3.05) is 7.11 Å². The maximum atomic E-state index is 5.42. The van der Waals surface area contributed by atoms with Crippen molar-refractivity contribution >= 4 is 0 Å². The third kappa shape index (κ3) is 2.58. The van der Waals surface area contributed by atoms with E-state index in [2.05, 4.69) is 38.8 Å². The maximum Gasteiger partial charge on any atom is 0.119 e. The van der Waals surface area contributed by atoms with Gasteiger partial charge >= 0.3 is 0 Å². The Bertz CT molecular complexity index is 375. The molecular weight excluding hydrogens is 196 g/mol. The van der Waals surface area contributed by atoms with Crippen LogP contribution in [0.3, 0.4) is 0 Å². The van der Waals surface area contributed by atoms with Crippen LogP contribution in [0.15, 0.2) is 12.1 Å². The number of methoxy groups -OCH3 is 1. The molecule has 0 aromatic heterocycles. The summed E-state index contributed by atoms with van der Waals surface area (Å²) in [6, 6.07) is 4.17. The first-order chi connectivity index (χ1) is 7.63. The highest BCUT2D eigenvalue weighted by Gasteiger charge is 2.14. The first-order valence-corrected chi connectivity index (χ1v) is 5.72. The van der Waals surface area contributed by atoms with Crippen LogP contribution in [0.25, 0.3) is 0 Å². The fourth-order valence-electron chi connectivity index (χ4n) is 2.29. The molecule has 16 heavy (non-hydrogen) atoms. The molecule has 1 aromatic rings. The van der Waals surface area contributed by atoms with Gasteiger partial charge in [0.2, 0.25) is 0 Å². The molecule has 0 spiro atoms. The topological polar surface area (TPSA) is 9.23 Å². The van der Waals surface area contributed by atoms with E-state index in [0.29, 0.717) is 5.92 Å². The summed E-state index contributed by atoms with van der Waals surface area (Å²) in [7, 11) is 1.70. The molecule has 1 rings (SSSR count). The van der Waals surface area contributed by atoms with Gasteiger partial charge in [-0.3, -0.25) is 0 Å². The van der Waals surface area contributed by atoms with Crippen LogP contribution in [0.2, 0.25) is 0 Å². The summed E-state index contributed by atoms with van der Waals surface area (Å²) in [5.41, 5.74) is 3.94. The highest BCUT2D eigenvalue weighted by molar-refractivity contribution is 5.43. The molecule has 0 aliphatic heterocycles. The molecule has 0 N–H and O–H groups in total. The molecule has 0 amide bonds. The van der Waals surface area contributed by atoms with Gasteiger partial charge in [-0.25, -0.2) is 0 Å². The van der Waals surface area contributed by atoms with Gasteiger partial charge in [0.05, 0.1) is 7.11 Å². The number of ether oxygens (including phenoxy) is 1. The number of rotatable bonds is 4. The molecule has 0 saturated carbocycles. The van der Waals surface area contributed by atoms with Crippen molar-refractivity contribution in [2.24, 2.45) is 0 Å². The lowest BCUT2D eigenvalue weighted by Crippen LogP contribution is -2.03. The van der Waals surface area contributed by atoms with E-state index in [1.807, 2.05) is 0 Å². The molecule has 0 saturated heterocycles. The minimum atomic E-state index is 0.468. The largest absolute Gasteiger partial charge is 0.497 e. The molecule has 1 nitrogen and oxygen atoms in total. The lowest BCUT2D eigenvalue weighted by atomic mass is 9.87. The Morgan fingerprint density at radius 1 is 1.31 bits per heavy atom. The molecule has 1 heteroatoms. The van der Waals surface area contributed by atoms with Crippen molar-refractivity contribution in [2.45, 2.75) is 39.5 Å². The second-order valence-electron chi connectivity index (χ2n) is 4.19. The van der Waals surface area contributed by atoms with Crippen molar-refractivity contribution in [3.05, 3.63) is 28.8 Å². The van der Waals surface area contributed by atoms with E-state index in [1.54, 1.807) is 7.11 Å². The highest BCUT2D eigenvalue weighted by atomic mass is 16.5. The molecule has 1 aromatic carbocycles. The summed E-state index contributed by atoms with van der Waals surface area (Å²) in [5, 5.41) is 0. The molecule has 86 valence electrons. The zero-order chi connectivity index (χ0) is 12.1. The van der Waals surface area contributed by atoms with Crippen molar-refractivity contribution in [3.8, 4) is 18.1 Å². The van der Waals surface area contributed by atoms with E-state index in [1.165, 1.54) is 16.7 Å². The van der Waals surface area contributed by atoms with Crippen LogP contribution in [-0.2, 0) is 0 Å². The van der Waals surface area contributed by atoms with Crippen molar-refractivity contribution in [1.82, 2.24) is 0 Å². The summed E-state index contributed by atoms with van der Waals surface area (Å²) < 4.78 is 5.26. The molecular formula is C15H20O. The zero-order valence-corrected chi connectivity index (χ0v) is 10.6. The highest BCUT2D eigenvalue weighted by Crippen LogP contribution is 2.31. The van der Waals surface area contributed by atoms with Gasteiger partial charge in [-0.05, 0) is 55.0 Å². The number of terminal acetylenes is 1. The first kappa shape index (κ1) is 12.6. The maximum absolute atomic E-state index is 5.42. The van der Waals surface area contributed by atoms with Crippen LogP contribution in [0, 0.1) is 26.2 Å². The molecule has 0 aliphatic carbocycles. The summed E-state index contributed by atoms with van der Waals surface area (Å²) in [6.07, 6.45) is 7.32. The zero-order valence-electron chi connectivity index (χ0n) is 10.6. The van der Waals surface area contributed by atoms with Crippen LogP contribution < -0.4 is 4.74 Å². The number of hydrogen-bond donors (Lipinski definition) is 0. The Labute approximate surface area is 98.8 Å². The Balaban J connectivity index is 3.18. The molecule has 0 heterocycles. The van der Waals surface area contributed by atoms with Gasteiger partial charge in [0.25, 0.3) is 0 Å². The molecule has 0 radical (unpaired) electrons. The van der Waals surface area contributed by atoms with E-state index >= 15 is 0 Å². The second-order valence-corrected chi connectivity index (χ2v) is 4.19. The third-order valence-electron chi connectivity index (χ3n) is 3.07. The van der Waals surface area contributed by atoms with Crippen molar-refractivity contribution in [3.63, 3.8) is 0 Å². The van der Waals surface area contributed by atoms with Gasteiger partial charge in [-0.1, -0.05) is 6.92 Å². The van der Waals surface area contributed by atoms with E-state index in [9.17, 15) is 0 Å². The Kier molecular flexibility index (Phi) is 4.43. The normalized spacial score (nSPS) is 11.9. The van der Waals surface area contributed by atoms with Crippen molar-refractivity contribution in [1.29, 1.82) is 0 Å². The number of benzene rings is 1. The average Bonchev–Trinajstić information content (AvgIpc) is 2.26. The summed E-state index contributed by atoms with van der Waals surface area (Å²) >= 11 is 0. The quantitative estimate of drug-likeness (QED) is 0.695. The summed E-state index contributed by atoms with van der Waals surface area (Å²) in [4.78, 5) is 0. The van der Waals surface area contributed by atoms with Crippen LogP contribution in [0.5, 0.6) is 5.75 Å². The molecule has 0 fully saturated rings. The van der Waals surface area contributed by atoms with Crippen LogP contribution in [0.1, 0.15) is 42.4 Å². The van der Waals surface area contributed by atoms with E-state index in [4.69, 9.17) is 11.2 Å². The predicted molar refractivity (Wildman–Crippen MR) is 69.0 cm³/mol. The molecule has 1 unspecified atom stereocenters. The summed E-state index contributed by atoms with van der Waals surface area (Å²) in [6.45, 7) is 6.44. The molecule has 1 atom stereocenters. The molecule has 0 bridgehead atoms. The van der Waals surface area contributed by atoms with Gasteiger partial charge in [-0.15, -0.1) is 12.3 Å². The van der Waals surface area contributed by atoms with E-state index in [-0.39, 0.29) is 0 Å². The Hall–Kier alpha value is -1.42. The summed E-state index contributed by atoms with van der Waals surface area (Å²) in [5.74, 6) is 4.16. The predicted octanol–water partition coefficient (Wildman–Crippen LogP) is 3.83. The monoisotopic (exact) mass is 216 g/mol. The fourth-order valence-corrected chi connectivity index (χ4v) is 2.29. The van der Waals surface area contributed by atoms with Crippen LogP contribution in [-0.4, -0.2) is 7.11 Å². The van der Waals surface area contributed by atoms with Gasteiger partial charge in [0.1, 0.15) is 5.75 Å². The average molecular weight is 216 g/mol. The lowest BCUT2D eigenvalue weighted by Gasteiger charge is -2.19.